The van der Waals surface area contributed by atoms with Crippen LogP contribution in [-0.4, -0.2) is 21.2 Å². The first-order chi connectivity index (χ1) is 13.6. The van der Waals surface area contributed by atoms with E-state index < -0.39 is 5.97 Å². The Hall–Kier alpha value is -2.07. The van der Waals surface area contributed by atoms with Gasteiger partial charge in [-0.25, -0.2) is 4.98 Å². The van der Waals surface area contributed by atoms with Gasteiger partial charge >= 0.3 is 5.97 Å². The molecule has 0 radical (unpaired) electrons. The van der Waals surface area contributed by atoms with Gasteiger partial charge in [0.25, 0.3) is 11.8 Å². The molecule has 0 aliphatic heterocycles. The zero-order valence-electron chi connectivity index (χ0n) is 14.1. The fraction of sp³-hybridized carbons (Fsp3) is 0.111. The van der Waals surface area contributed by atoms with Crippen LogP contribution in [0, 0.1) is 0 Å². The van der Waals surface area contributed by atoms with Crippen molar-refractivity contribution in [2.75, 3.05) is 0 Å². The molecule has 4 aromatic rings. The van der Waals surface area contributed by atoms with Crippen LogP contribution in [0.1, 0.15) is 11.6 Å². The molecule has 0 fully saturated rings. The number of halogens is 2. The molecule has 10 heteroatoms. The van der Waals surface area contributed by atoms with Gasteiger partial charge in [0.1, 0.15) is 5.01 Å². The number of esters is 1. The van der Waals surface area contributed by atoms with Crippen LogP contribution in [0.15, 0.2) is 50.0 Å². The molecule has 0 aliphatic rings. The normalized spacial score (nSPS) is 10.9. The first kappa shape index (κ1) is 19.3. The van der Waals surface area contributed by atoms with Crippen LogP contribution in [0.4, 0.5) is 0 Å². The van der Waals surface area contributed by atoms with E-state index in [4.69, 9.17) is 20.8 Å². The molecule has 0 amide bonds. The molecule has 0 spiro atoms. The summed E-state index contributed by atoms with van der Waals surface area (Å²) in [4.78, 5) is 17.4. The number of thiophene rings is 1. The van der Waals surface area contributed by atoms with Crippen LogP contribution >= 0.6 is 50.2 Å². The number of ether oxygens (including phenoxy) is 1. The summed E-state index contributed by atoms with van der Waals surface area (Å²) < 4.78 is 11.7. The zero-order valence-corrected chi connectivity index (χ0v) is 18.1. The van der Waals surface area contributed by atoms with Crippen molar-refractivity contribution in [3.8, 4) is 21.3 Å². The first-order valence-corrected chi connectivity index (χ1v) is 10.9. The number of nitrogens with zero attached hydrogens (tertiary/aromatic N) is 3. The number of benzene rings is 1. The molecule has 28 heavy (non-hydrogen) atoms. The number of rotatable bonds is 6. The van der Waals surface area contributed by atoms with Crippen LogP contribution in [-0.2, 0) is 22.6 Å². The average Bonchev–Trinajstić information content (AvgIpc) is 3.40. The Bertz CT molecular complexity index is 1120. The molecule has 6 nitrogen and oxygen atoms in total. The number of hydrogen-bond donors (Lipinski definition) is 0. The average molecular weight is 497 g/mol. The molecule has 0 atom stereocenters. The van der Waals surface area contributed by atoms with E-state index in [-0.39, 0.29) is 18.9 Å². The van der Waals surface area contributed by atoms with Crippen molar-refractivity contribution < 1.29 is 13.9 Å². The van der Waals surface area contributed by atoms with Crippen LogP contribution in [0.5, 0.6) is 0 Å². The summed E-state index contributed by atoms with van der Waals surface area (Å²) in [6.07, 6.45) is 0.0654. The molecular formula is C18H11BrClN3O3S2. The number of aromatic nitrogens is 3. The van der Waals surface area contributed by atoms with Gasteiger partial charge < -0.3 is 9.15 Å². The molecule has 0 saturated carbocycles. The van der Waals surface area contributed by atoms with E-state index in [0.717, 1.165) is 19.2 Å². The molecule has 0 unspecified atom stereocenters. The molecule has 0 aliphatic carbocycles. The van der Waals surface area contributed by atoms with Crippen LogP contribution < -0.4 is 0 Å². The lowest BCUT2D eigenvalue weighted by Crippen LogP contribution is -2.08. The van der Waals surface area contributed by atoms with Gasteiger partial charge in [-0.1, -0.05) is 23.7 Å². The van der Waals surface area contributed by atoms with Gasteiger partial charge in [0, 0.05) is 16.0 Å². The highest BCUT2D eigenvalue weighted by Crippen LogP contribution is 2.30. The Labute approximate surface area is 181 Å². The molecular weight excluding hydrogens is 486 g/mol. The molecule has 1 aromatic carbocycles. The SMILES string of the molecule is O=C(Cc1csc(-c2cccc(Cl)c2)n1)OCc1nnc(-c2ccc(Br)s2)o1. The second kappa shape index (κ2) is 8.52. The summed E-state index contributed by atoms with van der Waals surface area (Å²) in [5, 5.41) is 11.1. The lowest BCUT2D eigenvalue weighted by atomic mass is 10.2. The monoisotopic (exact) mass is 495 g/mol. The summed E-state index contributed by atoms with van der Waals surface area (Å²) in [7, 11) is 0. The maximum Gasteiger partial charge on any atom is 0.312 e. The quantitative estimate of drug-likeness (QED) is 0.322. The maximum atomic E-state index is 12.1. The predicted octanol–water partition coefficient (Wildman–Crippen LogP) is 5.62. The first-order valence-electron chi connectivity index (χ1n) is 8.01. The Kier molecular flexibility index (Phi) is 5.86. The van der Waals surface area contributed by atoms with Gasteiger partial charge in [-0.2, -0.15) is 0 Å². The number of hydrogen-bond acceptors (Lipinski definition) is 8. The van der Waals surface area contributed by atoms with Gasteiger partial charge in [0.15, 0.2) is 6.61 Å². The molecule has 4 rings (SSSR count). The van der Waals surface area contributed by atoms with Crippen LogP contribution in [0.3, 0.4) is 0 Å². The van der Waals surface area contributed by atoms with E-state index in [1.807, 2.05) is 35.7 Å². The summed E-state index contributed by atoms with van der Waals surface area (Å²) in [6.45, 7) is -0.0797. The topological polar surface area (TPSA) is 78.1 Å². The molecule has 142 valence electrons. The maximum absolute atomic E-state index is 12.1. The Morgan fingerprint density at radius 1 is 1.25 bits per heavy atom. The third kappa shape index (κ3) is 4.67. The van der Waals surface area contributed by atoms with Gasteiger partial charge in [-0.05, 0) is 40.2 Å². The molecule has 3 aromatic heterocycles. The van der Waals surface area contributed by atoms with E-state index in [2.05, 4.69) is 31.1 Å². The third-order valence-corrected chi connectivity index (χ3v) is 6.34. The zero-order chi connectivity index (χ0) is 19.5. The lowest BCUT2D eigenvalue weighted by Gasteiger charge is -2.00. The highest BCUT2D eigenvalue weighted by Gasteiger charge is 2.14. The van der Waals surface area contributed by atoms with Crippen molar-refractivity contribution in [3.63, 3.8) is 0 Å². The van der Waals surface area contributed by atoms with Crippen molar-refractivity contribution in [2.24, 2.45) is 0 Å². The van der Waals surface area contributed by atoms with E-state index in [0.29, 0.717) is 16.6 Å². The summed E-state index contributed by atoms with van der Waals surface area (Å²) in [6, 6.07) is 11.2. The Morgan fingerprint density at radius 2 is 2.14 bits per heavy atom. The van der Waals surface area contributed by atoms with E-state index in [1.165, 1.54) is 22.7 Å². The second-order valence-electron chi connectivity index (χ2n) is 5.60. The minimum Gasteiger partial charge on any atom is -0.455 e. The fourth-order valence-electron chi connectivity index (χ4n) is 2.32. The predicted molar refractivity (Wildman–Crippen MR) is 111 cm³/mol. The summed E-state index contributed by atoms with van der Waals surface area (Å²) in [5.41, 5.74) is 1.55. The minimum absolute atomic E-state index is 0.0654. The number of thiazole rings is 1. The van der Waals surface area contributed by atoms with Crippen LogP contribution in [0.25, 0.3) is 21.3 Å². The minimum atomic E-state index is -0.415. The van der Waals surface area contributed by atoms with Gasteiger partial charge in [-0.3, -0.25) is 4.79 Å². The Balaban J connectivity index is 1.33. The van der Waals surface area contributed by atoms with Crippen molar-refractivity contribution in [1.29, 1.82) is 0 Å². The Morgan fingerprint density at radius 3 is 2.93 bits per heavy atom. The molecule has 0 N–H and O–H groups in total. The third-order valence-electron chi connectivity index (χ3n) is 3.56. The van der Waals surface area contributed by atoms with Crippen molar-refractivity contribution >= 4 is 56.2 Å². The van der Waals surface area contributed by atoms with E-state index in [1.54, 1.807) is 6.07 Å². The second-order valence-corrected chi connectivity index (χ2v) is 9.35. The lowest BCUT2D eigenvalue weighted by molar-refractivity contribution is -0.144. The van der Waals surface area contributed by atoms with Crippen LogP contribution in [0.2, 0.25) is 5.02 Å². The smallest absolute Gasteiger partial charge is 0.312 e. The molecule has 0 bridgehead atoms. The van der Waals surface area contributed by atoms with Gasteiger partial charge in [0.2, 0.25) is 0 Å². The number of carbonyl (C=O) groups excluding carboxylic acids is 1. The highest BCUT2D eigenvalue weighted by molar-refractivity contribution is 9.11. The standard InChI is InChI=1S/C18H11BrClN3O3S2/c19-14-5-4-13(28-14)17-23-22-15(26-17)8-25-16(24)7-12-9-27-18(21-12)10-2-1-3-11(20)6-10/h1-6,9H,7-8H2. The van der Waals surface area contributed by atoms with E-state index in [9.17, 15) is 4.79 Å². The highest BCUT2D eigenvalue weighted by atomic mass is 79.9. The number of carbonyl (C=O) groups is 1. The molecule has 3 heterocycles. The fourth-order valence-corrected chi connectivity index (χ4v) is 4.64. The largest absolute Gasteiger partial charge is 0.455 e. The summed E-state index contributed by atoms with van der Waals surface area (Å²) >= 11 is 12.3. The van der Waals surface area contributed by atoms with Crippen molar-refractivity contribution in [3.05, 3.63) is 62.2 Å². The summed E-state index contributed by atoms with van der Waals surface area (Å²) in [5.74, 6) is 0.222. The van der Waals surface area contributed by atoms with Crippen molar-refractivity contribution in [1.82, 2.24) is 15.2 Å². The van der Waals surface area contributed by atoms with Crippen molar-refractivity contribution in [2.45, 2.75) is 13.0 Å². The molecule has 0 saturated heterocycles. The van der Waals surface area contributed by atoms with Gasteiger partial charge in [0.05, 0.1) is 20.8 Å². The van der Waals surface area contributed by atoms with Gasteiger partial charge in [-0.15, -0.1) is 32.9 Å². The van der Waals surface area contributed by atoms with E-state index >= 15 is 0 Å².